The largest absolute Gasteiger partial charge is 0.396 e. The third-order valence-corrected chi connectivity index (χ3v) is 8.24. The molecular weight excluding hydrogens is 384 g/mol. The monoisotopic (exact) mass is 424 g/mol. The lowest BCUT2D eigenvalue weighted by Gasteiger charge is -2.47. The van der Waals surface area contributed by atoms with E-state index in [0.29, 0.717) is 24.4 Å². The molecule has 0 bridgehead atoms. The van der Waals surface area contributed by atoms with Crippen molar-refractivity contribution in [1.29, 1.82) is 0 Å². The topological polar surface area (TPSA) is 53.0 Å². The summed E-state index contributed by atoms with van der Waals surface area (Å²) in [6, 6.07) is 0. The summed E-state index contributed by atoms with van der Waals surface area (Å²) in [5.74, 6) is 0.852. The number of morpholine rings is 1. The van der Waals surface area contributed by atoms with E-state index in [1.54, 1.807) is 0 Å². The summed E-state index contributed by atoms with van der Waals surface area (Å²) in [5, 5.41) is 11.5. The van der Waals surface area contributed by atoms with Crippen molar-refractivity contribution in [1.82, 2.24) is 9.80 Å². The Labute approximate surface area is 181 Å². The molecular formula is C23H40N2O3S. The molecule has 5 nitrogen and oxygen atoms in total. The van der Waals surface area contributed by atoms with Gasteiger partial charge in [0.15, 0.2) is 0 Å². The number of carbonyl (C=O) groups excluding carboxylic acids is 1. The van der Waals surface area contributed by atoms with Crippen LogP contribution >= 0.6 is 11.8 Å². The standard InChI is InChI=1S/C23H40N2O3S/c1-19(2)21-16-20(17-29-21)22(27)25-13-15-28-23(18-25)8-11-24(12-9-23)10-6-4-3-5-7-14-26/h17,19,21,26H,3-16,18H2,1-2H3. The van der Waals surface area contributed by atoms with Crippen molar-refractivity contribution >= 4 is 17.7 Å². The Bertz CT molecular complexity index is 558. The zero-order valence-corrected chi connectivity index (χ0v) is 19.2. The predicted octanol–water partition coefficient (Wildman–Crippen LogP) is 3.67. The molecule has 3 heterocycles. The first-order valence-electron chi connectivity index (χ1n) is 11.6. The van der Waals surface area contributed by atoms with Gasteiger partial charge in [0.05, 0.1) is 18.8 Å². The molecule has 3 rings (SSSR count). The fourth-order valence-corrected chi connectivity index (χ4v) is 5.82. The van der Waals surface area contributed by atoms with Crippen molar-refractivity contribution in [2.45, 2.75) is 76.1 Å². The highest BCUT2D eigenvalue weighted by atomic mass is 32.2. The summed E-state index contributed by atoms with van der Waals surface area (Å²) in [6.45, 7) is 10.3. The molecule has 1 atom stereocenters. The van der Waals surface area contributed by atoms with Gasteiger partial charge >= 0.3 is 0 Å². The van der Waals surface area contributed by atoms with Crippen LogP contribution in [0.3, 0.4) is 0 Å². The van der Waals surface area contributed by atoms with Gasteiger partial charge in [-0.25, -0.2) is 0 Å². The second kappa shape index (κ2) is 11.2. The van der Waals surface area contributed by atoms with E-state index in [1.165, 1.54) is 25.8 Å². The van der Waals surface area contributed by atoms with Crippen LogP contribution in [-0.2, 0) is 9.53 Å². The van der Waals surface area contributed by atoms with Crippen molar-refractivity contribution in [3.63, 3.8) is 0 Å². The molecule has 1 N–H and O–H groups in total. The molecule has 0 saturated carbocycles. The molecule has 29 heavy (non-hydrogen) atoms. The highest BCUT2D eigenvalue weighted by Crippen LogP contribution is 2.37. The molecule has 3 aliphatic rings. The van der Waals surface area contributed by atoms with Gasteiger partial charge in [-0.3, -0.25) is 4.79 Å². The van der Waals surface area contributed by atoms with Gasteiger partial charge in [-0.05, 0) is 50.0 Å². The van der Waals surface area contributed by atoms with Gasteiger partial charge in [0.25, 0.3) is 5.91 Å². The van der Waals surface area contributed by atoms with Crippen LogP contribution < -0.4 is 0 Å². The number of unbranched alkanes of at least 4 members (excludes halogenated alkanes) is 4. The summed E-state index contributed by atoms with van der Waals surface area (Å²) >= 11 is 1.83. The molecule has 1 spiro atoms. The number of amides is 1. The average molecular weight is 425 g/mol. The molecule has 166 valence electrons. The van der Waals surface area contributed by atoms with Gasteiger partial charge in [-0.2, -0.15) is 0 Å². The highest BCUT2D eigenvalue weighted by molar-refractivity contribution is 8.03. The van der Waals surface area contributed by atoms with Crippen molar-refractivity contribution in [2.75, 3.05) is 45.9 Å². The normalized spacial score (nSPS) is 25.0. The van der Waals surface area contributed by atoms with Gasteiger partial charge < -0.3 is 19.6 Å². The molecule has 2 saturated heterocycles. The van der Waals surface area contributed by atoms with Crippen molar-refractivity contribution in [3.05, 3.63) is 11.0 Å². The van der Waals surface area contributed by atoms with E-state index >= 15 is 0 Å². The van der Waals surface area contributed by atoms with Crippen molar-refractivity contribution in [3.8, 4) is 0 Å². The van der Waals surface area contributed by atoms with Gasteiger partial charge in [-0.15, -0.1) is 11.8 Å². The summed E-state index contributed by atoms with van der Waals surface area (Å²) in [6.07, 6.45) is 8.78. The maximum absolute atomic E-state index is 13.1. The molecule has 1 amide bonds. The van der Waals surface area contributed by atoms with E-state index in [0.717, 1.165) is 63.9 Å². The number of aliphatic hydroxyl groups excluding tert-OH is 1. The second-order valence-electron chi connectivity index (χ2n) is 9.36. The van der Waals surface area contributed by atoms with Crippen LogP contribution in [-0.4, -0.2) is 77.6 Å². The quantitative estimate of drug-likeness (QED) is 0.573. The molecule has 2 fully saturated rings. The Morgan fingerprint density at radius 2 is 1.93 bits per heavy atom. The van der Waals surface area contributed by atoms with Crippen LogP contribution in [0.25, 0.3) is 0 Å². The summed E-state index contributed by atoms with van der Waals surface area (Å²) in [4.78, 5) is 17.7. The minimum absolute atomic E-state index is 0.130. The van der Waals surface area contributed by atoms with Crippen LogP contribution in [0.5, 0.6) is 0 Å². The first kappa shape index (κ1) is 23.1. The zero-order chi connectivity index (χ0) is 20.7. The second-order valence-corrected chi connectivity index (χ2v) is 10.5. The van der Waals surface area contributed by atoms with Gasteiger partial charge in [0, 0.05) is 37.1 Å². The third kappa shape index (κ3) is 6.46. The van der Waals surface area contributed by atoms with E-state index in [2.05, 4.69) is 29.1 Å². The molecule has 0 aromatic heterocycles. The number of likely N-dealkylation sites (tertiary alicyclic amines) is 1. The minimum Gasteiger partial charge on any atom is -0.396 e. The Kier molecular flexibility index (Phi) is 8.90. The lowest BCUT2D eigenvalue weighted by Crippen LogP contribution is -2.58. The van der Waals surface area contributed by atoms with Crippen LogP contribution in [0.2, 0.25) is 0 Å². The van der Waals surface area contributed by atoms with Crippen LogP contribution in [0.4, 0.5) is 0 Å². The molecule has 0 aromatic rings. The molecule has 0 radical (unpaired) electrons. The lowest BCUT2D eigenvalue weighted by atomic mass is 9.88. The number of ether oxygens (including phenoxy) is 1. The van der Waals surface area contributed by atoms with E-state index in [-0.39, 0.29) is 11.5 Å². The number of rotatable bonds is 9. The van der Waals surface area contributed by atoms with Crippen molar-refractivity contribution < 1.29 is 14.6 Å². The number of carbonyl (C=O) groups is 1. The molecule has 0 aromatic carbocycles. The maximum atomic E-state index is 13.1. The average Bonchev–Trinajstić information content (AvgIpc) is 3.22. The summed E-state index contributed by atoms with van der Waals surface area (Å²) < 4.78 is 6.26. The predicted molar refractivity (Wildman–Crippen MR) is 120 cm³/mol. The van der Waals surface area contributed by atoms with E-state index in [4.69, 9.17) is 9.84 Å². The highest BCUT2D eigenvalue weighted by Gasteiger charge is 2.41. The first-order valence-corrected chi connectivity index (χ1v) is 12.6. The third-order valence-electron chi connectivity index (χ3n) is 6.76. The van der Waals surface area contributed by atoms with Crippen LogP contribution in [0.15, 0.2) is 11.0 Å². The zero-order valence-electron chi connectivity index (χ0n) is 18.4. The Balaban J connectivity index is 1.41. The fraction of sp³-hybridized carbons (Fsp3) is 0.870. The van der Waals surface area contributed by atoms with Gasteiger partial charge in [0.1, 0.15) is 0 Å². The number of nitrogens with zero attached hydrogens (tertiary/aromatic N) is 2. The Morgan fingerprint density at radius 1 is 1.21 bits per heavy atom. The van der Waals surface area contributed by atoms with E-state index in [1.807, 2.05) is 11.8 Å². The summed E-state index contributed by atoms with van der Waals surface area (Å²) in [5.41, 5.74) is 0.874. The number of aliphatic hydroxyl groups is 1. The smallest absolute Gasteiger partial charge is 0.250 e. The molecule has 1 unspecified atom stereocenters. The van der Waals surface area contributed by atoms with E-state index < -0.39 is 0 Å². The minimum atomic E-state index is -0.130. The van der Waals surface area contributed by atoms with Crippen molar-refractivity contribution in [2.24, 2.45) is 5.92 Å². The fourth-order valence-electron chi connectivity index (χ4n) is 4.70. The molecule has 0 aliphatic carbocycles. The van der Waals surface area contributed by atoms with Gasteiger partial charge in [0.2, 0.25) is 0 Å². The molecule has 3 aliphatic heterocycles. The Hall–Kier alpha value is -0.560. The summed E-state index contributed by atoms with van der Waals surface area (Å²) in [7, 11) is 0. The molecule has 6 heteroatoms. The van der Waals surface area contributed by atoms with Crippen LogP contribution in [0.1, 0.15) is 65.2 Å². The lowest BCUT2D eigenvalue weighted by molar-refractivity contribution is -0.156. The number of hydrogen-bond acceptors (Lipinski definition) is 5. The SMILES string of the molecule is CC(C)C1CC(C(=O)N2CCOC3(CCN(CCCCCCCO)CC3)C2)=CS1. The number of hydrogen-bond donors (Lipinski definition) is 1. The number of piperidine rings is 1. The Morgan fingerprint density at radius 3 is 2.62 bits per heavy atom. The first-order chi connectivity index (χ1) is 14.0. The van der Waals surface area contributed by atoms with E-state index in [9.17, 15) is 4.79 Å². The number of thioether (sulfide) groups is 1. The van der Waals surface area contributed by atoms with Crippen LogP contribution in [0, 0.1) is 5.92 Å². The maximum Gasteiger partial charge on any atom is 0.250 e. The van der Waals surface area contributed by atoms with Gasteiger partial charge in [-0.1, -0.05) is 33.1 Å².